The van der Waals surface area contributed by atoms with Gasteiger partial charge in [0.05, 0.1) is 0 Å². The van der Waals surface area contributed by atoms with Gasteiger partial charge in [-0.1, -0.05) is 64.2 Å². The Morgan fingerprint density at radius 3 is 1.96 bits per heavy atom. The van der Waals surface area contributed by atoms with E-state index in [4.69, 9.17) is 0 Å². The number of rotatable bonds is 13. The van der Waals surface area contributed by atoms with Crippen molar-refractivity contribution in [3.05, 3.63) is 29.3 Å². The van der Waals surface area contributed by atoms with Crippen LogP contribution in [0.5, 0.6) is 5.75 Å². The molecule has 0 bridgehead atoms. The number of benzene rings is 1. The second-order valence-corrected chi connectivity index (χ2v) is 9.71. The summed E-state index contributed by atoms with van der Waals surface area (Å²) in [4.78, 5) is 0. The van der Waals surface area contributed by atoms with Crippen molar-refractivity contribution >= 4 is 0 Å². The van der Waals surface area contributed by atoms with Gasteiger partial charge < -0.3 is 5.11 Å². The number of aromatic hydroxyl groups is 1. The van der Waals surface area contributed by atoms with E-state index >= 15 is 0 Å². The summed E-state index contributed by atoms with van der Waals surface area (Å²) in [5.41, 5.74) is 3.76. The third kappa shape index (κ3) is 5.76. The third-order valence-electron chi connectivity index (χ3n) is 7.39. The van der Waals surface area contributed by atoms with Gasteiger partial charge in [-0.15, -0.1) is 0 Å². The molecule has 1 heteroatoms. The van der Waals surface area contributed by atoms with Gasteiger partial charge in [-0.2, -0.15) is 0 Å². The van der Waals surface area contributed by atoms with Gasteiger partial charge in [0.25, 0.3) is 0 Å². The molecule has 0 heterocycles. The van der Waals surface area contributed by atoms with Gasteiger partial charge >= 0.3 is 0 Å². The summed E-state index contributed by atoms with van der Waals surface area (Å²) >= 11 is 0. The van der Waals surface area contributed by atoms with E-state index in [9.17, 15) is 5.11 Å². The van der Waals surface area contributed by atoms with Crippen LogP contribution in [0.3, 0.4) is 0 Å². The zero-order valence-corrected chi connectivity index (χ0v) is 17.3. The third-order valence-corrected chi connectivity index (χ3v) is 7.39. The highest BCUT2D eigenvalue weighted by molar-refractivity contribution is 5.40. The van der Waals surface area contributed by atoms with Gasteiger partial charge in [-0.25, -0.2) is 0 Å². The smallest absolute Gasteiger partial charge is 0.121 e. The van der Waals surface area contributed by atoms with Gasteiger partial charge in [0.1, 0.15) is 5.75 Å². The lowest BCUT2D eigenvalue weighted by atomic mass is 9.94. The highest BCUT2D eigenvalue weighted by Crippen LogP contribution is 2.52. The zero-order chi connectivity index (χ0) is 18.5. The first-order valence-electron chi connectivity index (χ1n) is 11.4. The molecule has 1 N–H and O–H groups in total. The maximum Gasteiger partial charge on any atom is 0.121 e. The topological polar surface area (TPSA) is 20.2 Å². The van der Waals surface area contributed by atoms with E-state index in [1.807, 2.05) is 0 Å². The average Bonchev–Trinajstić information content (AvgIpc) is 3.56. The molecule has 2 aliphatic rings. The van der Waals surface area contributed by atoms with E-state index in [1.165, 1.54) is 94.6 Å². The van der Waals surface area contributed by atoms with Crippen LogP contribution < -0.4 is 0 Å². The summed E-state index contributed by atoms with van der Waals surface area (Å²) in [7, 11) is 0. The van der Waals surface area contributed by atoms with Crippen LogP contribution in [0.15, 0.2) is 18.2 Å². The van der Waals surface area contributed by atoms with Crippen LogP contribution in [-0.4, -0.2) is 5.11 Å². The molecule has 0 atom stereocenters. The second kappa shape index (κ2) is 8.81. The molecule has 3 rings (SSSR count). The Labute approximate surface area is 161 Å². The van der Waals surface area contributed by atoms with Crippen molar-refractivity contribution < 1.29 is 5.11 Å². The maximum atomic E-state index is 10.6. The molecule has 1 nitrogen and oxygen atoms in total. The summed E-state index contributed by atoms with van der Waals surface area (Å²) in [5.74, 6) is 0.591. The lowest BCUT2D eigenvalue weighted by Gasteiger charge is -2.12. The predicted octanol–water partition coefficient (Wildman–Crippen LogP) is 7.59. The van der Waals surface area contributed by atoms with Crippen LogP contribution in [0.2, 0.25) is 0 Å². The lowest BCUT2D eigenvalue weighted by Crippen LogP contribution is -1.97. The van der Waals surface area contributed by atoms with Gasteiger partial charge in [-0.3, -0.25) is 0 Å². The van der Waals surface area contributed by atoms with E-state index in [2.05, 4.69) is 32.0 Å². The molecule has 1 aromatic carbocycles. The fraction of sp³-hybridized carbons (Fsp3) is 0.760. The summed E-state index contributed by atoms with van der Waals surface area (Å²) in [6.07, 6.45) is 19.9. The fourth-order valence-corrected chi connectivity index (χ4v) is 4.50. The molecule has 0 spiro atoms. The van der Waals surface area contributed by atoms with Gasteiger partial charge in [0.15, 0.2) is 0 Å². The molecule has 0 unspecified atom stereocenters. The van der Waals surface area contributed by atoms with E-state index < -0.39 is 0 Å². The SMILES string of the molecule is CCC1(CCCCCCc2cccc(CCCCC3(C)CC3)c2O)CC1. The number of hydrogen-bond donors (Lipinski definition) is 1. The number of aryl methyl sites for hydroxylation is 2. The van der Waals surface area contributed by atoms with Crippen LogP contribution in [-0.2, 0) is 12.8 Å². The normalized spacial score (nSPS) is 19.5. The second-order valence-electron chi connectivity index (χ2n) is 9.71. The Balaban J connectivity index is 1.32. The summed E-state index contributed by atoms with van der Waals surface area (Å²) < 4.78 is 0. The van der Waals surface area contributed by atoms with Crippen molar-refractivity contribution in [3.8, 4) is 5.75 Å². The summed E-state index contributed by atoms with van der Waals surface area (Å²) in [5, 5.41) is 10.6. The molecular formula is C25H40O. The first-order valence-corrected chi connectivity index (χ1v) is 11.4. The predicted molar refractivity (Wildman–Crippen MR) is 112 cm³/mol. The lowest BCUT2D eigenvalue weighted by molar-refractivity contribution is 0.419. The molecule has 146 valence electrons. The molecule has 2 saturated carbocycles. The quantitative estimate of drug-likeness (QED) is 0.361. The molecular weight excluding hydrogens is 316 g/mol. The van der Waals surface area contributed by atoms with Crippen LogP contribution in [0.1, 0.15) is 108 Å². The minimum atomic E-state index is 0.591. The molecule has 0 aliphatic heterocycles. The Hall–Kier alpha value is -0.980. The first-order chi connectivity index (χ1) is 12.6. The van der Waals surface area contributed by atoms with Crippen molar-refractivity contribution in [1.82, 2.24) is 0 Å². The van der Waals surface area contributed by atoms with Crippen molar-refractivity contribution in [2.24, 2.45) is 10.8 Å². The molecule has 2 aliphatic carbocycles. The largest absolute Gasteiger partial charge is 0.507 e. The molecule has 0 saturated heterocycles. The number of phenolic OH excluding ortho intramolecular Hbond substituents is 1. The molecule has 26 heavy (non-hydrogen) atoms. The number of hydrogen-bond acceptors (Lipinski definition) is 1. The zero-order valence-electron chi connectivity index (χ0n) is 17.3. The number of para-hydroxylation sites is 1. The van der Waals surface area contributed by atoms with E-state index in [-0.39, 0.29) is 0 Å². The molecule has 0 radical (unpaired) electrons. The Kier molecular flexibility index (Phi) is 6.70. The number of phenols is 1. The average molecular weight is 357 g/mol. The standard InChI is InChI=1S/C25H40O/c1-3-25(19-20-25)16-8-5-4-6-11-21-13-10-14-22(23(21)26)12-7-9-15-24(2)17-18-24/h10,13-14,26H,3-9,11-12,15-20H2,1-2H3. The first kappa shape index (κ1) is 19.8. The fourth-order valence-electron chi connectivity index (χ4n) is 4.50. The van der Waals surface area contributed by atoms with E-state index in [0.29, 0.717) is 11.2 Å². The number of unbranched alkanes of at least 4 members (excludes halogenated alkanes) is 4. The summed E-state index contributed by atoms with van der Waals surface area (Å²) in [6, 6.07) is 6.39. The summed E-state index contributed by atoms with van der Waals surface area (Å²) in [6.45, 7) is 4.77. The molecule has 1 aromatic rings. The van der Waals surface area contributed by atoms with Crippen LogP contribution in [0.4, 0.5) is 0 Å². The molecule has 2 fully saturated rings. The van der Waals surface area contributed by atoms with Gasteiger partial charge in [0, 0.05) is 0 Å². The van der Waals surface area contributed by atoms with Crippen molar-refractivity contribution in [3.63, 3.8) is 0 Å². The van der Waals surface area contributed by atoms with E-state index in [0.717, 1.165) is 18.3 Å². The van der Waals surface area contributed by atoms with E-state index in [1.54, 1.807) is 0 Å². The Bertz CT molecular complexity index is 566. The Morgan fingerprint density at radius 1 is 0.808 bits per heavy atom. The van der Waals surface area contributed by atoms with Crippen molar-refractivity contribution in [1.29, 1.82) is 0 Å². The monoisotopic (exact) mass is 356 g/mol. The van der Waals surface area contributed by atoms with Crippen LogP contribution >= 0.6 is 0 Å². The molecule has 0 amide bonds. The van der Waals surface area contributed by atoms with Crippen molar-refractivity contribution in [2.75, 3.05) is 0 Å². The van der Waals surface area contributed by atoms with Gasteiger partial charge in [0.2, 0.25) is 0 Å². The minimum Gasteiger partial charge on any atom is -0.507 e. The van der Waals surface area contributed by atoms with Crippen molar-refractivity contribution in [2.45, 2.75) is 110 Å². The maximum absolute atomic E-state index is 10.6. The van der Waals surface area contributed by atoms with Gasteiger partial charge in [-0.05, 0) is 86.2 Å². The molecule has 0 aromatic heterocycles. The minimum absolute atomic E-state index is 0.591. The van der Waals surface area contributed by atoms with Crippen LogP contribution in [0.25, 0.3) is 0 Å². The highest BCUT2D eigenvalue weighted by atomic mass is 16.3. The highest BCUT2D eigenvalue weighted by Gasteiger charge is 2.39. The van der Waals surface area contributed by atoms with Crippen LogP contribution in [0, 0.1) is 10.8 Å². The Morgan fingerprint density at radius 2 is 1.38 bits per heavy atom.